The second kappa shape index (κ2) is 8.96. The van der Waals surface area contributed by atoms with Gasteiger partial charge in [0.25, 0.3) is 0 Å². The second-order valence-corrected chi connectivity index (χ2v) is 10.1. The van der Waals surface area contributed by atoms with Crippen molar-refractivity contribution in [3.05, 3.63) is 81.4 Å². The van der Waals surface area contributed by atoms with E-state index in [1.807, 2.05) is 54.6 Å². The molecule has 0 aliphatic heterocycles. The lowest BCUT2D eigenvalue weighted by Crippen LogP contribution is -2.21. The Labute approximate surface area is 193 Å². The monoisotopic (exact) mass is 519 g/mol. The predicted molar refractivity (Wildman–Crippen MR) is 127 cm³/mol. The predicted octanol–water partition coefficient (Wildman–Crippen LogP) is 4.47. The average molecular weight is 521 g/mol. The number of sulfonamides is 1. The standard InChI is InChI=1S/C21H19BrClN5O2S/c1-31(29,30)26-12-15-6-4-5-14(9-15)11-24-20-10-19(16-7-2-3-8-18(16)23)27-21-17(22)13-25-28(20)21/h2-10,13,24,26H,11-12H2,1H3. The minimum absolute atomic E-state index is 0.245. The summed E-state index contributed by atoms with van der Waals surface area (Å²) in [4.78, 5) is 4.71. The van der Waals surface area contributed by atoms with Gasteiger partial charge in [0.2, 0.25) is 10.0 Å². The SMILES string of the molecule is CS(=O)(=O)NCc1cccc(CNc2cc(-c3ccccc3Cl)nc3c(Br)cnn23)c1. The summed E-state index contributed by atoms with van der Waals surface area (Å²) in [5.74, 6) is 0.755. The van der Waals surface area contributed by atoms with E-state index in [0.29, 0.717) is 17.2 Å². The van der Waals surface area contributed by atoms with Gasteiger partial charge < -0.3 is 5.32 Å². The van der Waals surface area contributed by atoms with Crippen LogP contribution in [0.5, 0.6) is 0 Å². The summed E-state index contributed by atoms with van der Waals surface area (Å²) in [7, 11) is -3.25. The molecule has 0 saturated heterocycles. The first-order valence-corrected chi connectivity index (χ1v) is 12.4. The Hall–Kier alpha value is -2.46. The Kier molecular flexibility index (Phi) is 6.29. The Bertz CT molecular complexity index is 1360. The van der Waals surface area contributed by atoms with Crippen LogP contribution in [0.25, 0.3) is 16.9 Å². The van der Waals surface area contributed by atoms with Crippen molar-refractivity contribution in [3.63, 3.8) is 0 Å². The number of hydrogen-bond donors (Lipinski definition) is 2. The molecule has 0 fully saturated rings. The molecular formula is C21H19BrClN5O2S. The number of fused-ring (bicyclic) bond motifs is 1. The molecule has 0 atom stereocenters. The number of nitrogens with one attached hydrogen (secondary N) is 2. The number of aromatic nitrogens is 3. The van der Waals surface area contributed by atoms with E-state index in [1.165, 1.54) is 0 Å². The van der Waals surface area contributed by atoms with Gasteiger partial charge in [0.15, 0.2) is 5.65 Å². The summed E-state index contributed by atoms with van der Waals surface area (Å²) in [6.45, 7) is 0.764. The number of rotatable bonds is 7. The number of hydrogen-bond acceptors (Lipinski definition) is 5. The normalized spacial score (nSPS) is 11.7. The van der Waals surface area contributed by atoms with Crippen molar-refractivity contribution in [1.29, 1.82) is 0 Å². The van der Waals surface area contributed by atoms with Gasteiger partial charge in [0.05, 0.1) is 22.6 Å². The fourth-order valence-electron chi connectivity index (χ4n) is 3.13. The molecule has 2 heterocycles. The van der Waals surface area contributed by atoms with E-state index < -0.39 is 10.0 Å². The first-order valence-electron chi connectivity index (χ1n) is 9.36. The first kappa shape index (κ1) is 21.8. The number of halogens is 2. The zero-order valence-corrected chi connectivity index (χ0v) is 19.7. The molecule has 0 bridgehead atoms. The second-order valence-electron chi connectivity index (χ2n) is 7.00. The third-order valence-electron chi connectivity index (χ3n) is 4.58. The summed E-state index contributed by atoms with van der Waals surface area (Å²) in [6.07, 6.45) is 2.84. The van der Waals surface area contributed by atoms with Crippen molar-refractivity contribution in [2.75, 3.05) is 11.6 Å². The van der Waals surface area contributed by atoms with Crippen LogP contribution in [0.15, 0.2) is 65.3 Å². The minimum atomic E-state index is -3.25. The van der Waals surface area contributed by atoms with Gasteiger partial charge in [-0.3, -0.25) is 0 Å². The molecule has 4 rings (SSSR count). The Morgan fingerprint density at radius 1 is 1.06 bits per heavy atom. The lowest BCUT2D eigenvalue weighted by Gasteiger charge is -2.12. The maximum Gasteiger partial charge on any atom is 0.209 e. The van der Waals surface area contributed by atoms with Gasteiger partial charge in [-0.2, -0.15) is 9.61 Å². The van der Waals surface area contributed by atoms with Crippen LogP contribution >= 0.6 is 27.5 Å². The van der Waals surface area contributed by atoms with Crippen molar-refractivity contribution in [2.24, 2.45) is 0 Å². The first-order chi connectivity index (χ1) is 14.8. The number of benzene rings is 2. The summed E-state index contributed by atoms with van der Waals surface area (Å²) in [6, 6.07) is 17.2. The summed E-state index contributed by atoms with van der Waals surface area (Å²) >= 11 is 9.89. The topological polar surface area (TPSA) is 88.4 Å². The third-order valence-corrected chi connectivity index (χ3v) is 6.14. The third kappa shape index (κ3) is 5.24. The van der Waals surface area contributed by atoms with Crippen molar-refractivity contribution in [1.82, 2.24) is 19.3 Å². The molecule has 2 aromatic carbocycles. The molecule has 2 aromatic heterocycles. The number of anilines is 1. The van der Waals surface area contributed by atoms with Crippen molar-refractivity contribution in [2.45, 2.75) is 13.1 Å². The Morgan fingerprint density at radius 3 is 2.55 bits per heavy atom. The Morgan fingerprint density at radius 2 is 1.81 bits per heavy atom. The molecular weight excluding hydrogens is 502 g/mol. The van der Waals surface area contributed by atoms with Crippen LogP contribution in [0.4, 0.5) is 5.82 Å². The quantitative estimate of drug-likeness (QED) is 0.375. The fourth-order valence-corrected chi connectivity index (χ4v) is 4.14. The van der Waals surface area contributed by atoms with Gasteiger partial charge in [-0.05, 0) is 33.1 Å². The van der Waals surface area contributed by atoms with Crippen molar-refractivity contribution in [3.8, 4) is 11.3 Å². The highest BCUT2D eigenvalue weighted by Gasteiger charge is 2.13. The van der Waals surface area contributed by atoms with Crippen LogP contribution in [-0.2, 0) is 23.1 Å². The van der Waals surface area contributed by atoms with Crippen LogP contribution in [0.2, 0.25) is 5.02 Å². The lowest BCUT2D eigenvalue weighted by atomic mass is 10.1. The molecule has 2 N–H and O–H groups in total. The summed E-state index contributed by atoms with van der Waals surface area (Å²) < 4.78 is 27.7. The Balaban J connectivity index is 1.62. The molecule has 0 spiro atoms. The molecule has 7 nitrogen and oxygen atoms in total. The van der Waals surface area contributed by atoms with Crippen LogP contribution in [-0.4, -0.2) is 29.3 Å². The minimum Gasteiger partial charge on any atom is -0.366 e. The van der Waals surface area contributed by atoms with E-state index in [0.717, 1.165) is 38.9 Å². The highest BCUT2D eigenvalue weighted by atomic mass is 79.9. The van der Waals surface area contributed by atoms with Gasteiger partial charge in [-0.15, -0.1) is 0 Å². The zero-order chi connectivity index (χ0) is 22.0. The maximum absolute atomic E-state index is 11.3. The molecule has 0 radical (unpaired) electrons. The highest BCUT2D eigenvalue weighted by molar-refractivity contribution is 9.10. The molecule has 160 valence electrons. The lowest BCUT2D eigenvalue weighted by molar-refractivity contribution is 0.587. The summed E-state index contributed by atoms with van der Waals surface area (Å²) in [5.41, 5.74) is 4.11. The molecule has 0 saturated carbocycles. The van der Waals surface area contributed by atoms with Crippen molar-refractivity contribution < 1.29 is 8.42 Å². The fraction of sp³-hybridized carbons (Fsp3) is 0.143. The molecule has 0 aliphatic rings. The van der Waals surface area contributed by atoms with Gasteiger partial charge >= 0.3 is 0 Å². The highest BCUT2D eigenvalue weighted by Crippen LogP contribution is 2.30. The van der Waals surface area contributed by atoms with E-state index in [-0.39, 0.29) is 6.54 Å². The van der Waals surface area contributed by atoms with E-state index in [1.54, 1.807) is 10.7 Å². The average Bonchev–Trinajstić information content (AvgIpc) is 3.12. The van der Waals surface area contributed by atoms with Crippen LogP contribution in [0.1, 0.15) is 11.1 Å². The van der Waals surface area contributed by atoms with Gasteiger partial charge in [-0.1, -0.05) is 54.1 Å². The maximum atomic E-state index is 11.3. The van der Waals surface area contributed by atoms with E-state index >= 15 is 0 Å². The molecule has 31 heavy (non-hydrogen) atoms. The van der Waals surface area contributed by atoms with E-state index in [2.05, 4.69) is 31.1 Å². The zero-order valence-electron chi connectivity index (χ0n) is 16.5. The van der Waals surface area contributed by atoms with Crippen molar-refractivity contribution >= 4 is 49.0 Å². The van der Waals surface area contributed by atoms with E-state index in [4.69, 9.17) is 16.6 Å². The van der Waals surface area contributed by atoms with Gasteiger partial charge in [-0.25, -0.2) is 18.1 Å². The largest absolute Gasteiger partial charge is 0.366 e. The van der Waals surface area contributed by atoms with Gasteiger partial charge in [0.1, 0.15) is 5.82 Å². The molecule has 0 amide bonds. The van der Waals surface area contributed by atoms with E-state index in [9.17, 15) is 8.42 Å². The van der Waals surface area contributed by atoms with Crippen LogP contribution in [0, 0.1) is 0 Å². The van der Waals surface area contributed by atoms with Crippen LogP contribution in [0.3, 0.4) is 0 Å². The number of nitrogens with zero attached hydrogens (tertiary/aromatic N) is 3. The molecule has 4 aromatic rings. The smallest absolute Gasteiger partial charge is 0.209 e. The summed E-state index contributed by atoms with van der Waals surface area (Å²) in [5, 5.41) is 8.42. The molecule has 0 aliphatic carbocycles. The van der Waals surface area contributed by atoms with Gasteiger partial charge in [0, 0.05) is 29.7 Å². The molecule has 10 heteroatoms. The van der Waals surface area contributed by atoms with Crippen LogP contribution < -0.4 is 10.0 Å². The molecule has 0 unspecified atom stereocenters.